The molecule has 352 valence electrons. The van der Waals surface area contributed by atoms with Gasteiger partial charge < -0.3 is 20.4 Å². The highest BCUT2D eigenvalue weighted by atomic mass is 16.3. The average molecular weight is 893 g/mol. The summed E-state index contributed by atoms with van der Waals surface area (Å²) in [6.45, 7) is 8.56. The van der Waals surface area contributed by atoms with Gasteiger partial charge in [-0.05, 0) is 128 Å². The number of hydrogen-bond donors (Lipinski definition) is 8. The number of rotatable bonds is 26. The lowest BCUT2D eigenvalue weighted by Gasteiger charge is -2.15. The molecule has 0 aromatic heterocycles. The third-order valence-corrected chi connectivity index (χ3v) is 11.8. The molecular weight excluding hydrogens is 821 g/mol. The van der Waals surface area contributed by atoms with Crippen LogP contribution in [-0.2, 0) is 32.1 Å². The van der Waals surface area contributed by atoms with Crippen molar-refractivity contribution in [1.29, 1.82) is 0 Å². The van der Waals surface area contributed by atoms with Crippen LogP contribution in [0.4, 0.5) is 0 Å². The maximum atomic E-state index is 13.4. The number of hydrogen-bond acceptors (Lipinski definition) is 8. The fourth-order valence-corrected chi connectivity index (χ4v) is 8.02. The fourth-order valence-electron chi connectivity index (χ4n) is 8.02. The Morgan fingerprint density at radius 1 is 0.369 bits per heavy atom. The Morgan fingerprint density at radius 2 is 0.677 bits per heavy atom. The molecule has 0 saturated heterocycles. The number of carbonyl (C=O) groups is 4. The van der Waals surface area contributed by atoms with Crippen LogP contribution < -0.4 is 21.7 Å². The number of nitrogens with one attached hydrogen (secondary N) is 4. The Kier molecular flexibility index (Phi) is 21.7. The predicted molar refractivity (Wildman–Crippen MR) is 256 cm³/mol. The lowest BCUT2D eigenvalue weighted by atomic mass is 9.96. The minimum atomic E-state index is -0.786. The molecule has 0 unspecified atom stereocenters. The van der Waals surface area contributed by atoms with Crippen LogP contribution in [0.2, 0.25) is 0 Å². The van der Waals surface area contributed by atoms with Gasteiger partial charge in [-0.15, -0.1) is 0 Å². The third kappa shape index (κ3) is 16.2. The van der Waals surface area contributed by atoms with E-state index in [0.717, 1.165) is 127 Å². The molecule has 0 fully saturated rings. The predicted octanol–water partition coefficient (Wildman–Crippen LogP) is 10.7. The lowest BCUT2D eigenvalue weighted by molar-refractivity contribution is 0.0843. The van der Waals surface area contributed by atoms with E-state index < -0.39 is 23.6 Å². The molecule has 4 amide bonds. The van der Waals surface area contributed by atoms with Crippen molar-refractivity contribution in [1.82, 2.24) is 21.7 Å². The van der Waals surface area contributed by atoms with Crippen molar-refractivity contribution in [2.24, 2.45) is 0 Å². The summed E-state index contributed by atoms with van der Waals surface area (Å²) in [7, 11) is 0. The minimum Gasteiger partial charge on any atom is -0.507 e. The number of carbonyl (C=O) groups excluding carboxylic acids is 4. The summed E-state index contributed by atoms with van der Waals surface area (Å²) in [5.41, 5.74) is 13.9. The van der Waals surface area contributed by atoms with Gasteiger partial charge in [-0.2, -0.15) is 0 Å². The van der Waals surface area contributed by atoms with Gasteiger partial charge in [0.25, 0.3) is 23.6 Å². The highest BCUT2D eigenvalue weighted by Gasteiger charge is 2.21. The second kappa shape index (κ2) is 27.3. The topological polar surface area (TPSA) is 197 Å². The van der Waals surface area contributed by atoms with Gasteiger partial charge in [0.05, 0.1) is 22.3 Å². The van der Waals surface area contributed by atoms with E-state index in [1.54, 1.807) is 24.3 Å². The number of aryl methyl sites for hydroxylation is 4. The van der Waals surface area contributed by atoms with E-state index in [2.05, 4.69) is 49.4 Å². The molecule has 0 aliphatic carbocycles. The van der Waals surface area contributed by atoms with Crippen molar-refractivity contribution < 1.29 is 39.6 Å². The van der Waals surface area contributed by atoms with E-state index in [1.807, 2.05) is 12.1 Å². The van der Waals surface area contributed by atoms with E-state index in [4.69, 9.17) is 0 Å². The van der Waals surface area contributed by atoms with Gasteiger partial charge in [-0.1, -0.05) is 129 Å². The molecule has 0 heterocycles. The van der Waals surface area contributed by atoms with Gasteiger partial charge in [-0.3, -0.25) is 40.9 Å². The van der Waals surface area contributed by atoms with Gasteiger partial charge in [0.1, 0.15) is 23.0 Å². The average Bonchev–Trinajstić information content (AvgIpc) is 3.30. The van der Waals surface area contributed by atoms with Crippen LogP contribution in [0.25, 0.3) is 0 Å². The summed E-state index contributed by atoms with van der Waals surface area (Å²) in [5.74, 6) is -3.83. The number of benzene rings is 4. The van der Waals surface area contributed by atoms with E-state index in [-0.39, 0.29) is 51.7 Å². The van der Waals surface area contributed by atoms with Crippen LogP contribution in [0.15, 0.2) is 60.7 Å². The van der Waals surface area contributed by atoms with E-state index >= 15 is 0 Å². The summed E-state index contributed by atoms with van der Waals surface area (Å²) in [6, 6.07) is 16.1. The highest BCUT2D eigenvalue weighted by Crippen LogP contribution is 2.30. The molecule has 0 aliphatic rings. The van der Waals surface area contributed by atoms with Crippen molar-refractivity contribution >= 4 is 23.6 Å². The molecular formula is C53H72N4O8. The number of amides is 4. The number of phenolic OH excluding ortho intramolecular Hbond substituents is 4. The van der Waals surface area contributed by atoms with E-state index in [0.29, 0.717) is 35.1 Å². The first-order chi connectivity index (χ1) is 31.4. The second-order valence-corrected chi connectivity index (χ2v) is 17.2. The van der Waals surface area contributed by atoms with Crippen molar-refractivity contribution in [3.05, 3.63) is 116 Å². The van der Waals surface area contributed by atoms with Crippen molar-refractivity contribution in [3.8, 4) is 23.0 Å². The molecule has 0 aliphatic heterocycles. The summed E-state index contributed by atoms with van der Waals surface area (Å²) in [4.78, 5) is 53.6. The third-order valence-electron chi connectivity index (χ3n) is 11.8. The molecule has 0 radical (unpaired) electrons. The zero-order chi connectivity index (χ0) is 47.1. The van der Waals surface area contributed by atoms with Crippen LogP contribution >= 0.6 is 0 Å². The molecule has 4 aromatic carbocycles. The van der Waals surface area contributed by atoms with Gasteiger partial charge in [0.15, 0.2) is 0 Å². The van der Waals surface area contributed by atoms with Crippen molar-refractivity contribution in [2.75, 3.05) is 0 Å². The molecule has 0 bridgehead atoms. The highest BCUT2D eigenvalue weighted by molar-refractivity contribution is 6.03. The Morgan fingerprint density at radius 3 is 1.02 bits per heavy atom. The number of unbranched alkanes of at least 4 members (excludes halogenated alkanes) is 12. The van der Waals surface area contributed by atoms with Gasteiger partial charge in [0, 0.05) is 0 Å². The molecule has 0 atom stereocenters. The zero-order valence-corrected chi connectivity index (χ0v) is 39.0. The van der Waals surface area contributed by atoms with Gasteiger partial charge in [-0.25, -0.2) is 0 Å². The van der Waals surface area contributed by atoms with Crippen LogP contribution in [0.3, 0.4) is 0 Å². The van der Waals surface area contributed by atoms with Crippen LogP contribution in [0.1, 0.15) is 205 Å². The lowest BCUT2D eigenvalue weighted by Crippen LogP contribution is -2.41. The van der Waals surface area contributed by atoms with Crippen molar-refractivity contribution in [3.63, 3.8) is 0 Å². The Hall–Kier alpha value is -6.04. The molecule has 0 saturated carbocycles. The van der Waals surface area contributed by atoms with Gasteiger partial charge >= 0.3 is 0 Å². The summed E-state index contributed by atoms with van der Waals surface area (Å²) < 4.78 is 0. The Bertz CT molecular complexity index is 2050. The molecule has 65 heavy (non-hydrogen) atoms. The molecule has 8 N–H and O–H groups in total. The first-order valence-electron chi connectivity index (χ1n) is 23.9. The number of phenols is 4. The molecule has 12 heteroatoms. The van der Waals surface area contributed by atoms with Crippen LogP contribution in [0, 0.1) is 0 Å². The monoisotopic (exact) mass is 893 g/mol. The smallest absolute Gasteiger partial charge is 0.273 e. The largest absolute Gasteiger partial charge is 0.507 e. The van der Waals surface area contributed by atoms with Gasteiger partial charge in [0.2, 0.25) is 0 Å². The van der Waals surface area contributed by atoms with Crippen LogP contribution in [0.5, 0.6) is 23.0 Å². The maximum Gasteiger partial charge on any atom is 0.273 e. The molecule has 12 nitrogen and oxygen atoms in total. The number of hydrazine groups is 2. The Balaban J connectivity index is 1.43. The first kappa shape index (κ1) is 51.6. The first-order valence-corrected chi connectivity index (χ1v) is 23.9. The summed E-state index contributed by atoms with van der Waals surface area (Å²) in [5, 5.41) is 43.6. The summed E-state index contributed by atoms with van der Waals surface area (Å²) in [6.07, 6.45) is 19.6. The minimum absolute atomic E-state index is 0.0660. The zero-order valence-electron chi connectivity index (χ0n) is 39.0. The number of aromatic hydroxyl groups is 4. The van der Waals surface area contributed by atoms with E-state index in [9.17, 15) is 39.6 Å². The van der Waals surface area contributed by atoms with Crippen LogP contribution in [-0.4, -0.2) is 44.1 Å². The van der Waals surface area contributed by atoms with E-state index in [1.165, 1.54) is 24.3 Å². The molecule has 0 spiro atoms. The maximum absolute atomic E-state index is 13.4. The standard InChI is InChI=1S/C53H72N4O8/c1-5-9-13-17-21-36-30-40(23-19-15-11-7-3)48(60)44(34-36)52(64)56-54-50(62)42-32-38(25-27-46(42)58)29-39-26-28-47(59)43(33-39)51(63)55-57-53(65)45-35-37(22-18-14-10-6-2)31-41(49(45)61)24-20-16-12-8-4/h25-28,30-35,58-61H,5-24,29H2,1-4H3,(H,54,62)(H,55,63)(H,56,64)(H,57,65). The fraction of sp³-hybridized carbons (Fsp3) is 0.472. The Labute approximate surface area is 385 Å². The molecule has 4 aromatic rings. The normalized spacial score (nSPS) is 11.0. The quantitative estimate of drug-likeness (QED) is 0.0225. The summed E-state index contributed by atoms with van der Waals surface area (Å²) >= 11 is 0. The SMILES string of the molecule is CCCCCCc1cc(CCCCCC)c(O)c(C(=O)NNC(=O)c2cc(Cc3ccc(O)c(C(=O)NNC(=O)c4cc(CCCCCC)cc(CCCCCC)c4O)c3)ccc2O)c1. The second-order valence-electron chi connectivity index (χ2n) is 17.2. The molecule has 4 rings (SSSR count). The van der Waals surface area contributed by atoms with Crippen molar-refractivity contribution in [2.45, 2.75) is 163 Å².